The minimum Gasteiger partial charge on any atom is -0.183 e. The summed E-state index contributed by atoms with van der Waals surface area (Å²) >= 11 is 3.53. The van der Waals surface area contributed by atoms with E-state index in [4.69, 9.17) is 0 Å². The third-order valence-corrected chi connectivity index (χ3v) is 0. The lowest BCUT2D eigenvalue weighted by Crippen LogP contribution is -1.65. The van der Waals surface area contributed by atoms with E-state index in [1.807, 2.05) is 0 Å². The first-order chi connectivity index (χ1) is 2.73. The van der Waals surface area contributed by atoms with Crippen LogP contribution >= 0.6 is 12.6 Å². The third-order valence-electron chi connectivity index (χ3n) is 0. The van der Waals surface area contributed by atoms with Crippen molar-refractivity contribution in [2.45, 2.75) is 6.68 Å². The molecule has 6 heavy (non-hydrogen) atoms. The van der Waals surface area contributed by atoms with E-state index in [1.54, 1.807) is 6.26 Å². The van der Waals surface area contributed by atoms with Gasteiger partial charge in [-0.25, -0.2) is 0 Å². The quantitative estimate of drug-likeness (QED) is 0.460. The first-order valence-electron chi connectivity index (χ1n) is 1.10. The van der Waals surface area contributed by atoms with Crippen LogP contribution in [0, 0.1) is 0 Å². The molecule has 0 nitrogen and oxygen atoms in total. The number of thiol groups is 1. The van der Waals surface area contributed by atoms with Crippen molar-refractivity contribution >= 4 is 12.6 Å². The molecule has 40 valence electrons. The summed E-state index contributed by atoms with van der Waals surface area (Å²) in [6.07, 6.45) is 1.69. The molecule has 0 aliphatic heterocycles. The van der Waals surface area contributed by atoms with Crippen molar-refractivity contribution in [3.05, 3.63) is 0 Å². The summed E-state index contributed by atoms with van der Waals surface area (Å²) in [5.74, 6) is 0. The Morgan fingerprint density at radius 3 is 1.17 bits per heavy atom. The highest BCUT2D eigenvalue weighted by Gasteiger charge is 1.86. The Morgan fingerprint density at radius 1 is 1.17 bits per heavy atom. The van der Waals surface area contributed by atoms with Crippen LogP contribution in [-0.2, 0) is 0 Å². The van der Waals surface area contributed by atoms with E-state index in [1.165, 1.54) is 0 Å². The lowest BCUT2D eigenvalue weighted by molar-refractivity contribution is 0.00819. The molecule has 0 fully saturated rings. The average Bonchev–Trinajstić information content (AvgIpc) is 1.41. The Bertz CT molecular complexity index is 13.5. The molecule has 0 unspecified atom stereocenters. The predicted octanol–water partition coefficient (Wildman–Crippen LogP) is 1.72. The summed E-state index contributed by atoms with van der Waals surface area (Å²) in [5.41, 5.74) is 0. The van der Waals surface area contributed by atoms with Gasteiger partial charge in [0.05, 0.1) is 0 Å². The fourth-order valence-corrected chi connectivity index (χ4v) is 0. The molecular weight excluding hydrogens is 113 g/mol. The zero-order valence-electron chi connectivity index (χ0n) is 3.16. The molecule has 4 heteroatoms. The van der Waals surface area contributed by atoms with Gasteiger partial charge in [-0.1, -0.05) is 0 Å². The minimum absolute atomic E-state index is 1.69. The highest BCUT2D eigenvalue weighted by atomic mass is 32.1. The Labute approximate surface area is 39.8 Å². The standard InChI is InChI=1S/CHF3.CH4S/c2-1(3)4;1-2/h1H;2H,1H3. The number of halogens is 3. The number of hydrogen-bond donors (Lipinski definition) is 1. The van der Waals surface area contributed by atoms with Crippen LogP contribution in [0.25, 0.3) is 0 Å². The molecule has 0 N–H and O–H groups in total. The van der Waals surface area contributed by atoms with Crippen molar-refractivity contribution < 1.29 is 13.2 Å². The first kappa shape index (κ1) is 9.46. The molecular formula is C2H5F3S. The smallest absolute Gasteiger partial charge is 0.183 e. The maximum atomic E-state index is 9.67. The molecule has 0 aliphatic rings. The lowest BCUT2D eigenvalue weighted by atomic mass is 11.6. The van der Waals surface area contributed by atoms with Gasteiger partial charge in [-0.3, -0.25) is 0 Å². The number of alkyl halides is 3. The van der Waals surface area contributed by atoms with Crippen LogP contribution in [0.15, 0.2) is 0 Å². The van der Waals surface area contributed by atoms with Crippen LogP contribution in [0.4, 0.5) is 13.2 Å². The highest BCUT2D eigenvalue weighted by molar-refractivity contribution is 7.79. The summed E-state index contributed by atoms with van der Waals surface area (Å²) in [5, 5.41) is 0. The number of hydrogen-bond acceptors (Lipinski definition) is 1. The molecule has 0 spiro atoms. The predicted molar refractivity (Wildman–Crippen MR) is 22.0 cm³/mol. The van der Waals surface area contributed by atoms with Gasteiger partial charge < -0.3 is 0 Å². The van der Waals surface area contributed by atoms with Gasteiger partial charge in [0.15, 0.2) is 0 Å². The van der Waals surface area contributed by atoms with Crippen molar-refractivity contribution in [1.29, 1.82) is 0 Å². The second-order valence-corrected chi connectivity index (χ2v) is 0.247. The van der Waals surface area contributed by atoms with E-state index in [0.29, 0.717) is 0 Å². The number of rotatable bonds is 0. The van der Waals surface area contributed by atoms with Gasteiger partial charge in [-0.15, -0.1) is 0 Å². The summed E-state index contributed by atoms with van der Waals surface area (Å²) in [6.45, 7) is -3.67. The van der Waals surface area contributed by atoms with E-state index >= 15 is 0 Å². The SMILES string of the molecule is CS.FC(F)F. The molecule has 0 aliphatic carbocycles. The molecule has 0 amide bonds. The molecule has 0 rings (SSSR count). The van der Waals surface area contributed by atoms with Crippen LogP contribution in [-0.4, -0.2) is 12.9 Å². The van der Waals surface area contributed by atoms with E-state index in [9.17, 15) is 13.2 Å². The fourth-order valence-electron chi connectivity index (χ4n) is 0. The van der Waals surface area contributed by atoms with Crippen molar-refractivity contribution in [2.24, 2.45) is 0 Å². The largest absolute Gasteiger partial charge is 0.379 e. The monoisotopic (exact) mass is 118 g/mol. The normalized spacial score (nSPS) is 7.00. The maximum absolute atomic E-state index is 9.67. The molecule has 0 saturated heterocycles. The van der Waals surface area contributed by atoms with Gasteiger partial charge in [0.2, 0.25) is 0 Å². The van der Waals surface area contributed by atoms with Crippen LogP contribution < -0.4 is 0 Å². The Hall–Kier alpha value is 0.140. The van der Waals surface area contributed by atoms with Crippen molar-refractivity contribution in [1.82, 2.24) is 0 Å². The van der Waals surface area contributed by atoms with Crippen LogP contribution in [0.2, 0.25) is 0 Å². The van der Waals surface area contributed by atoms with Crippen LogP contribution in [0.1, 0.15) is 0 Å². The van der Waals surface area contributed by atoms with Gasteiger partial charge in [-0.2, -0.15) is 25.8 Å². The van der Waals surface area contributed by atoms with Gasteiger partial charge in [0, 0.05) is 0 Å². The highest BCUT2D eigenvalue weighted by Crippen LogP contribution is 1.87. The van der Waals surface area contributed by atoms with E-state index in [2.05, 4.69) is 12.6 Å². The zero-order valence-corrected chi connectivity index (χ0v) is 4.05. The molecule has 0 saturated carbocycles. The van der Waals surface area contributed by atoms with Gasteiger partial charge in [-0.05, 0) is 6.26 Å². The summed E-state index contributed by atoms with van der Waals surface area (Å²) < 4.78 is 29.0. The van der Waals surface area contributed by atoms with Crippen LogP contribution in [0.5, 0.6) is 0 Å². The van der Waals surface area contributed by atoms with Gasteiger partial charge >= 0.3 is 6.68 Å². The molecule has 0 radical (unpaired) electrons. The van der Waals surface area contributed by atoms with Gasteiger partial charge in [0.25, 0.3) is 0 Å². The summed E-state index contributed by atoms with van der Waals surface area (Å²) in [7, 11) is 0. The van der Waals surface area contributed by atoms with Gasteiger partial charge in [0.1, 0.15) is 0 Å². The Morgan fingerprint density at radius 2 is 1.17 bits per heavy atom. The Kier molecular flexibility index (Phi) is 14.1. The molecule has 0 aromatic heterocycles. The summed E-state index contributed by atoms with van der Waals surface area (Å²) in [4.78, 5) is 0. The minimum atomic E-state index is -3.67. The van der Waals surface area contributed by atoms with Crippen LogP contribution in [0.3, 0.4) is 0 Å². The molecule has 0 atom stereocenters. The van der Waals surface area contributed by atoms with E-state index < -0.39 is 6.68 Å². The first-order valence-corrected chi connectivity index (χ1v) is 2.00. The molecule has 0 aromatic rings. The van der Waals surface area contributed by atoms with E-state index in [0.717, 1.165) is 0 Å². The zero-order chi connectivity index (χ0) is 5.58. The lowest BCUT2D eigenvalue weighted by Gasteiger charge is -1.65. The van der Waals surface area contributed by atoms with Crippen molar-refractivity contribution in [3.63, 3.8) is 0 Å². The van der Waals surface area contributed by atoms with Crippen molar-refractivity contribution in [2.75, 3.05) is 6.26 Å². The summed E-state index contributed by atoms with van der Waals surface area (Å²) in [6, 6.07) is 0. The Balaban J connectivity index is 0. The average molecular weight is 118 g/mol. The molecule has 0 aromatic carbocycles. The molecule has 0 bridgehead atoms. The molecule has 0 heterocycles. The second-order valence-electron chi connectivity index (χ2n) is 0.247. The van der Waals surface area contributed by atoms with Crippen molar-refractivity contribution in [3.8, 4) is 0 Å². The fraction of sp³-hybridized carbons (Fsp3) is 1.00. The second kappa shape index (κ2) is 8.94. The topological polar surface area (TPSA) is 0 Å². The van der Waals surface area contributed by atoms with E-state index in [-0.39, 0.29) is 0 Å². The maximum Gasteiger partial charge on any atom is 0.379 e. The third kappa shape index (κ3) is 2080.